The van der Waals surface area contributed by atoms with Crippen LogP contribution in [-0.4, -0.2) is 52.1 Å². The Balaban J connectivity index is 0.000000616. The number of carbonyl (C=O) groups is 2. The van der Waals surface area contributed by atoms with Crippen molar-refractivity contribution in [1.29, 1.82) is 5.26 Å². The SMILES string of the molecule is CC(=O)C(C)(F)F.CN(CCc1ccccc1)Cc1ccc(C(=O)NN(c2nc(C#N)ncc2Cl)C2CCCC2)cc1. The third-order valence-corrected chi connectivity index (χ3v) is 7.14. The minimum Gasteiger partial charge on any atom is -0.302 e. The Kier molecular flexibility index (Phi) is 11.9. The number of nitrogens with one attached hydrogen (secondary N) is 1. The molecule has 2 aromatic carbocycles. The summed E-state index contributed by atoms with van der Waals surface area (Å²) in [5.74, 6) is -4.10. The number of benzene rings is 2. The third kappa shape index (κ3) is 9.86. The molecule has 1 saturated carbocycles. The molecule has 0 unspecified atom stereocenters. The summed E-state index contributed by atoms with van der Waals surface area (Å²) in [5.41, 5.74) is 6.00. The monoisotopic (exact) mass is 596 g/mol. The second kappa shape index (κ2) is 15.3. The van der Waals surface area contributed by atoms with Crippen LogP contribution in [0.25, 0.3) is 0 Å². The molecule has 1 amide bonds. The Morgan fingerprint density at radius 2 is 1.71 bits per heavy atom. The lowest BCUT2D eigenvalue weighted by molar-refractivity contribution is -0.138. The van der Waals surface area contributed by atoms with Crippen molar-refractivity contribution in [1.82, 2.24) is 20.3 Å². The standard InChI is InChI=1S/C27H29ClN6O.C4H6F2O/c1-33(16-15-20-7-3-2-4-8-20)19-21-11-13-22(14-12-21)27(35)32-34(23-9-5-6-10-23)26-24(28)18-30-25(17-29)31-26;1-3(7)4(2,5)6/h2-4,7-8,11-14,18,23H,5-6,9-10,15-16,19H2,1H3,(H,32,35);1-2H3. The minimum atomic E-state index is -3.14. The number of anilines is 1. The molecule has 0 atom stereocenters. The predicted molar refractivity (Wildman–Crippen MR) is 158 cm³/mol. The van der Waals surface area contributed by atoms with Crippen LogP contribution >= 0.6 is 11.6 Å². The summed E-state index contributed by atoms with van der Waals surface area (Å²) < 4.78 is 23.0. The molecule has 4 rings (SSSR count). The van der Waals surface area contributed by atoms with Crippen molar-refractivity contribution in [2.45, 2.75) is 64.5 Å². The van der Waals surface area contributed by atoms with Gasteiger partial charge in [0, 0.05) is 32.5 Å². The molecular weight excluding hydrogens is 562 g/mol. The first kappa shape index (κ1) is 32.6. The molecule has 0 radical (unpaired) electrons. The van der Waals surface area contributed by atoms with Crippen LogP contribution in [0.15, 0.2) is 60.8 Å². The number of hydrogen-bond donors (Lipinski definition) is 1. The number of halogens is 3. The van der Waals surface area contributed by atoms with E-state index >= 15 is 0 Å². The summed E-state index contributed by atoms with van der Waals surface area (Å²) in [6, 6.07) is 20.1. The lowest BCUT2D eigenvalue weighted by Gasteiger charge is -2.30. The van der Waals surface area contributed by atoms with Crippen LogP contribution in [0.5, 0.6) is 0 Å². The average molecular weight is 597 g/mol. The van der Waals surface area contributed by atoms with E-state index < -0.39 is 11.7 Å². The number of hydrazine groups is 1. The molecule has 0 saturated heterocycles. The van der Waals surface area contributed by atoms with Crippen molar-refractivity contribution in [2.24, 2.45) is 0 Å². The van der Waals surface area contributed by atoms with Gasteiger partial charge in [-0.2, -0.15) is 19.0 Å². The quantitative estimate of drug-likeness (QED) is 0.286. The summed E-state index contributed by atoms with van der Waals surface area (Å²) >= 11 is 6.36. The van der Waals surface area contributed by atoms with Gasteiger partial charge >= 0.3 is 5.92 Å². The Bertz CT molecular complexity index is 1370. The van der Waals surface area contributed by atoms with Crippen molar-refractivity contribution in [3.63, 3.8) is 0 Å². The zero-order chi connectivity index (χ0) is 30.7. The molecule has 11 heteroatoms. The van der Waals surface area contributed by atoms with Gasteiger partial charge in [0.15, 0.2) is 11.6 Å². The lowest BCUT2D eigenvalue weighted by Crippen LogP contribution is -2.48. The van der Waals surface area contributed by atoms with E-state index in [4.69, 9.17) is 11.6 Å². The van der Waals surface area contributed by atoms with Crippen LogP contribution < -0.4 is 10.4 Å². The Hall–Kier alpha value is -3.94. The highest BCUT2D eigenvalue weighted by Gasteiger charge is 2.28. The van der Waals surface area contributed by atoms with E-state index in [0.717, 1.165) is 57.7 Å². The van der Waals surface area contributed by atoms with Gasteiger partial charge in [0.1, 0.15) is 11.1 Å². The summed E-state index contributed by atoms with van der Waals surface area (Å²) in [6.07, 6.45) is 6.36. The van der Waals surface area contributed by atoms with Crippen molar-refractivity contribution in [3.05, 3.63) is 88.3 Å². The van der Waals surface area contributed by atoms with E-state index in [2.05, 4.69) is 51.6 Å². The maximum absolute atomic E-state index is 13.1. The van der Waals surface area contributed by atoms with Gasteiger partial charge in [-0.15, -0.1) is 0 Å². The van der Waals surface area contributed by atoms with Gasteiger partial charge in [-0.25, -0.2) is 4.98 Å². The molecular formula is C31H35ClF2N6O2. The topological polar surface area (TPSA) is 102 Å². The molecule has 1 heterocycles. The van der Waals surface area contributed by atoms with E-state index in [1.165, 1.54) is 11.8 Å². The molecule has 1 aliphatic rings. The summed E-state index contributed by atoms with van der Waals surface area (Å²) in [5, 5.41) is 11.2. The fraction of sp³-hybridized carbons (Fsp3) is 0.387. The molecule has 1 aliphatic carbocycles. The van der Waals surface area contributed by atoms with Crippen LogP contribution in [0, 0.1) is 11.3 Å². The van der Waals surface area contributed by atoms with Crippen LogP contribution in [-0.2, 0) is 17.8 Å². The van der Waals surface area contributed by atoms with E-state index in [-0.39, 0.29) is 17.8 Å². The van der Waals surface area contributed by atoms with E-state index in [1.54, 1.807) is 5.01 Å². The zero-order valence-corrected chi connectivity index (χ0v) is 24.7. The average Bonchev–Trinajstić information content (AvgIpc) is 3.51. The van der Waals surface area contributed by atoms with Crippen LogP contribution in [0.4, 0.5) is 14.6 Å². The fourth-order valence-corrected chi connectivity index (χ4v) is 4.53. The number of aromatic nitrogens is 2. The number of rotatable bonds is 10. The first-order chi connectivity index (χ1) is 20.0. The first-order valence-electron chi connectivity index (χ1n) is 13.7. The van der Waals surface area contributed by atoms with Gasteiger partial charge in [0.2, 0.25) is 5.82 Å². The second-order valence-corrected chi connectivity index (χ2v) is 10.7. The molecule has 8 nitrogen and oxygen atoms in total. The van der Waals surface area contributed by atoms with Gasteiger partial charge in [-0.3, -0.25) is 20.0 Å². The summed E-state index contributed by atoms with van der Waals surface area (Å²) in [7, 11) is 2.10. The van der Waals surface area contributed by atoms with E-state index in [1.807, 2.05) is 36.4 Å². The zero-order valence-electron chi connectivity index (χ0n) is 24.0. The number of likely N-dealkylation sites (N-methyl/N-ethyl adjacent to an activating group) is 1. The van der Waals surface area contributed by atoms with Gasteiger partial charge in [-0.05, 0) is 49.6 Å². The number of hydrogen-bond acceptors (Lipinski definition) is 7. The van der Waals surface area contributed by atoms with Crippen molar-refractivity contribution in [3.8, 4) is 6.07 Å². The minimum absolute atomic E-state index is 0.0161. The van der Waals surface area contributed by atoms with E-state index in [9.17, 15) is 23.6 Å². The molecule has 0 spiro atoms. The molecule has 0 aliphatic heterocycles. The molecule has 0 bridgehead atoms. The van der Waals surface area contributed by atoms with Crippen molar-refractivity contribution < 1.29 is 18.4 Å². The van der Waals surface area contributed by atoms with Gasteiger partial charge in [-0.1, -0.05) is 66.9 Å². The highest BCUT2D eigenvalue weighted by molar-refractivity contribution is 6.32. The number of nitriles is 1. The highest BCUT2D eigenvalue weighted by Crippen LogP contribution is 2.30. The number of nitrogens with zero attached hydrogens (tertiary/aromatic N) is 5. The smallest absolute Gasteiger partial charge is 0.302 e. The van der Waals surface area contributed by atoms with Crippen LogP contribution in [0.2, 0.25) is 5.02 Å². The number of alkyl halides is 2. The number of carbonyl (C=O) groups excluding carboxylic acids is 2. The second-order valence-electron chi connectivity index (χ2n) is 10.3. The summed E-state index contributed by atoms with van der Waals surface area (Å²) in [6.45, 7) is 3.19. The lowest BCUT2D eigenvalue weighted by atomic mass is 10.1. The maximum Gasteiger partial charge on any atom is 0.302 e. The molecule has 42 heavy (non-hydrogen) atoms. The normalized spacial score (nSPS) is 13.2. The Morgan fingerprint density at radius 1 is 1.10 bits per heavy atom. The Morgan fingerprint density at radius 3 is 2.29 bits per heavy atom. The van der Waals surface area contributed by atoms with Crippen LogP contribution in [0.1, 0.15) is 66.8 Å². The van der Waals surface area contributed by atoms with Gasteiger partial charge in [0.25, 0.3) is 5.91 Å². The predicted octanol–water partition coefficient (Wildman–Crippen LogP) is 6.00. The van der Waals surface area contributed by atoms with Gasteiger partial charge < -0.3 is 4.90 Å². The third-order valence-electron chi connectivity index (χ3n) is 6.88. The maximum atomic E-state index is 13.1. The number of Topliss-reactive ketones (excluding diaryl/α,β-unsaturated/α-hetero) is 1. The molecule has 1 fully saturated rings. The number of ketones is 1. The highest BCUT2D eigenvalue weighted by atomic mass is 35.5. The molecule has 1 N–H and O–H groups in total. The molecule has 222 valence electrons. The first-order valence-corrected chi connectivity index (χ1v) is 14.1. The van der Waals surface area contributed by atoms with E-state index in [0.29, 0.717) is 23.3 Å². The number of amides is 1. The molecule has 3 aromatic rings. The Labute approximate surface area is 250 Å². The van der Waals surface area contributed by atoms with Crippen LogP contribution in [0.3, 0.4) is 0 Å². The molecule has 1 aromatic heterocycles. The fourth-order valence-electron chi connectivity index (χ4n) is 4.35. The van der Waals surface area contributed by atoms with Crippen molar-refractivity contribution in [2.75, 3.05) is 18.6 Å². The summed E-state index contributed by atoms with van der Waals surface area (Å²) in [4.78, 5) is 33.3. The van der Waals surface area contributed by atoms with Gasteiger partial charge in [0.05, 0.1) is 12.2 Å². The van der Waals surface area contributed by atoms with Crippen molar-refractivity contribution >= 4 is 29.1 Å². The largest absolute Gasteiger partial charge is 0.302 e.